The molecule has 2 rings (SSSR count). The lowest BCUT2D eigenvalue weighted by atomic mass is 9.89. The first-order valence-corrected chi connectivity index (χ1v) is 7.01. The Kier molecular flexibility index (Phi) is 4.32. The Labute approximate surface area is 114 Å². The van der Waals surface area contributed by atoms with Gasteiger partial charge in [-0.25, -0.2) is 0 Å². The Morgan fingerprint density at radius 1 is 1.16 bits per heavy atom. The van der Waals surface area contributed by atoms with Crippen LogP contribution >= 0.6 is 0 Å². The molecule has 1 aromatic carbocycles. The molecule has 0 amide bonds. The van der Waals surface area contributed by atoms with Crippen LogP contribution in [0.3, 0.4) is 0 Å². The maximum atomic E-state index is 9.93. The van der Waals surface area contributed by atoms with Crippen LogP contribution in [0.25, 0.3) is 0 Å². The van der Waals surface area contributed by atoms with Crippen molar-refractivity contribution in [3.05, 3.63) is 23.8 Å². The van der Waals surface area contributed by atoms with Gasteiger partial charge in [0.25, 0.3) is 0 Å². The maximum Gasteiger partial charge on any atom is 0.124 e. The topological polar surface area (TPSA) is 69.7 Å². The normalized spacial score (nSPS) is 21.2. The molecule has 1 heterocycles. The van der Waals surface area contributed by atoms with Crippen molar-refractivity contribution >= 4 is 0 Å². The fraction of sp³-hybridized carbons (Fsp3) is 0.600. The minimum absolute atomic E-state index is 0.0234. The van der Waals surface area contributed by atoms with Gasteiger partial charge in [0.05, 0.1) is 5.56 Å². The van der Waals surface area contributed by atoms with Crippen molar-refractivity contribution in [2.75, 3.05) is 13.1 Å². The number of piperidine rings is 1. The van der Waals surface area contributed by atoms with E-state index in [1.165, 1.54) is 0 Å². The summed E-state index contributed by atoms with van der Waals surface area (Å²) >= 11 is 0. The molecule has 1 aliphatic rings. The molecule has 0 radical (unpaired) electrons. The second-order valence-electron chi connectivity index (χ2n) is 5.62. The van der Waals surface area contributed by atoms with Crippen molar-refractivity contribution in [3.63, 3.8) is 0 Å². The molecule has 0 aromatic heterocycles. The number of likely N-dealkylation sites (tertiary alicyclic amines) is 1. The SMILES string of the molecule is CC(N)C1CCN(C(C)c2c(O)cccc2O)CC1. The smallest absolute Gasteiger partial charge is 0.124 e. The summed E-state index contributed by atoms with van der Waals surface area (Å²) in [6, 6.07) is 5.18. The Bertz CT molecular complexity index is 406. The lowest BCUT2D eigenvalue weighted by molar-refractivity contribution is 0.129. The standard InChI is InChI=1S/C15H24N2O2/c1-10(16)12-6-8-17(9-7-12)11(2)15-13(18)4-3-5-14(15)19/h3-5,10-12,18-19H,6-9,16H2,1-2H3. The summed E-state index contributed by atoms with van der Waals surface area (Å²) in [6.45, 7) is 6.02. The zero-order valence-corrected chi connectivity index (χ0v) is 11.7. The average molecular weight is 264 g/mol. The highest BCUT2D eigenvalue weighted by molar-refractivity contribution is 5.45. The fourth-order valence-corrected chi connectivity index (χ4v) is 2.98. The van der Waals surface area contributed by atoms with Gasteiger partial charge in [-0.2, -0.15) is 0 Å². The molecule has 0 bridgehead atoms. The van der Waals surface area contributed by atoms with Gasteiger partial charge in [-0.3, -0.25) is 4.90 Å². The molecule has 2 atom stereocenters. The van der Waals surface area contributed by atoms with E-state index in [4.69, 9.17) is 5.73 Å². The van der Waals surface area contributed by atoms with Crippen molar-refractivity contribution < 1.29 is 10.2 Å². The zero-order chi connectivity index (χ0) is 14.0. The van der Waals surface area contributed by atoms with E-state index in [9.17, 15) is 10.2 Å². The van der Waals surface area contributed by atoms with Crippen LogP contribution in [0.1, 0.15) is 38.3 Å². The van der Waals surface area contributed by atoms with Gasteiger partial charge in [0.2, 0.25) is 0 Å². The van der Waals surface area contributed by atoms with Gasteiger partial charge in [0, 0.05) is 12.1 Å². The van der Waals surface area contributed by atoms with E-state index in [0.29, 0.717) is 11.5 Å². The number of nitrogens with two attached hydrogens (primary N) is 1. The molecule has 0 aliphatic carbocycles. The molecule has 4 nitrogen and oxygen atoms in total. The highest BCUT2D eigenvalue weighted by Gasteiger charge is 2.27. The molecule has 2 unspecified atom stereocenters. The largest absolute Gasteiger partial charge is 0.507 e. The summed E-state index contributed by atoms with van der Waals surface area (Å²) in [5, 5.41) is 19.9. The van der Waals surface area contributed by atoms with Crippen LogP contribution in [0.15, 0.2) is 18.2 Å². The van der Waals surface area contributed by atoms with Crippen molar-refractivity contribution in [1.82, 2.24) is 4.90 Å². The van der Waals surface area contributed by atoms with Crippen molar-refractivity contribution in [2.24, 2.45) is 11.7 Å². The lowest BCUT2D eigenvalue weighted by Crippen LogP contribution is -2.40. The van der Waals surface area contributed by atoms with E-state index < -0.39 is 0 Å². The molecular weight excluding hydrogens is 240 g/mol. The molecular formula is C15H24N2O2. The van der Waals surface area contributed by atoms with E-state index in [1.54, 1.807) is 18.2 Å². The molecule has 1 fully saturated rings. The van der Waals surface area contributed by atoms with Gasteiger partial charge >= 0.3 is 0 Å². The molecule has 1 saturated heterocycles. The molecule has 0 spiro atoms. The number of phenols is 2. The van der Waals surface area contributed by atoms with Gasteiger partial charge in [0.1, 0.15) is 11.5 Å². The highest BCUT2D eigenvalue weighted by atomic mass is 16.3. The van der Waals surface area contributed by atoms with Crippen LogP contribution in [-0.2, 0) is 0 Å². The molecule has 1 aromatic rings. The first kappa shape index (κ1) is 14.2. The van der Waals surface area contributed by atoms with Crippen molar-refractivity contribution in [1.29, 1.82) is 0 Å². The van der Waals surface area contributed by atoms with Gasteiger partial charge in [-0.05, 0) is 57.8 Å². The van der Waals surface area contributed by atoms with Crippen molar-refractivity contribution in [2.45, 2.75) is 38.8 Å². The Hall–Kier alpha value is -1.26. The van der Waals surface area contributed by atoms with E-state index in [-0.39, 0.29) is 23.6 Å². The minimum atomic E-state index is 0.0234. The Morgan fingerprint density at radius 3 is 2.16 bits per heavy atom. The quantitative estimate of drug-likeness (QED) is 0.783. The fourth-order valence-electron chi connectivity index (χ4n) is 2.98. The number of aromatic hydroxyl groups is 2. The van der Waals surface area contributed by atoms with Crippen LogP contribution in [-0.4, -0.2) is 34.2 Å². The van der Waals surface area contributed by atoms with Gasteiger partial charge in [-0.15, -0.1) is 0 Å². The van der Waals surface area contributed by atoms with Crippen LogP contribution in [0.5, 0.6) is 11.5 Å². The number of hydrogen-bond acceptors (Lipinski definition) is 4. The molecule has 19 heavy (non-hydrogen) atoms. The van der Waals surface area contributed by atoms with Gasteiger partial charge < -0.3 is 15.9 Å². The molecule has 1 aliphatic heterocycles. The average Bonchev–Trinajstić information content (AvgIpc) is 2.38. The monoisotopic (exact) mass is 264 g/mol. The summed E-state index contributed by atoms with van der Waals surface area (Å²) in [5.41, 5.74) is 6.58. The predicted octanol–water partition coefficient (Wildman–Crippen LogP) is 2.22. The van der Waals surface area contributed by atoms with E-state index in [2.05, 4.69) is 11.8 Å². The molecule has 106 valence electrons. The predicted molar refractivity (Wildman–Crippen MR) is 76.1 cm³/mol. The van der Waals surface area contributed by atoms with E-state index in [1.807, 2.05) is 6.92 Å². The van der Waals surface area contributed by atoms with Crippen LogP contribution in [0.2, 0.25) is 0 Å². The van der Waals surface area contributed by atoms with Gasteiger partial charge in [-0.1, -0.05) is 6.07 Å². The Balaban J connectivity index is 2.07. The Morgan fingerprint density at radius 2 is 1.68 bits per heavy atom. The summed E-state index contributed by atoms with van der Waals surface area (Å²) < 4.78 is 0. The second kappa shape index (κ2) is 5.80. The molecule has 4 heteroatoms. The number of phenolic OH excluding ortho intramolecular Hbond substituents is 2. The second-order valence-corrected chi connectivity index (χ2v) is 5.62. The number of benzene rings is 1. The first-order chi connectivity index (χ1) is 9.00. The summed E-state index contributed by atoms with van der Waals surface area (Å²) in [7, 11) is 0. The number of nitrogens with zero attached hydrogens (tertiary/aromatic N) is 1. The van der Waals surface area contributed by atoms with E-state index >= 15 is 0 Å². The highest BCUT2D eigenvalue weighted by Crippen LogP contribution is 2.37. The minimum Gasteiger partial charge on any atom is -0.507 e. The summed E-state index contributed by atoms with van der Waals surface area (Å²) in [6.07, 6.45) is 2.16. The third-order valence-corrected chi connectivity index (χ3v) is 4.34. The molecule has 0 saturated carbocycles. The van der Waals surface area contributed by atoms with Crippen LogP contribution in [0, 0.1) is 5.92 Å². The van der Waals surface area contributed by atoms with Gasteiger partial charge in [0.15, 0.2) is 0 Å². The van der Waals surface area contributed by atoms with Crippen molar-refractivity contribution in [3.8, 4) is 11.5 Å². The lowest BCUT2D eigenvalue weighted by Gasteiger charge is -2.37. The maximum absolute atomic E-state index is 9.93. The number of hydrogen-bond donors (Lipinski definition) is 3. The summed E-state index contributed by atoms with van der Waals surface area (Å²) in [4.78, 5) is 2.30. The summed E-state index contributed by atoms with van der Waals surface area (Å²) in [5.74, 6) is 0.921. The zero-order valence-electron chi connectivity index (χ0n) is 11.7. The van der Waals surface area contributed by atoms with Crippen LogP contribution in [0.4, 0.5) is 0 Å². The van der Waals surface area contributed by atoms with Crippen LogP contribution < -0.4 is 5.73 Å². The third kappa shape index (κ3) is 3.01. The van der Waals surface area contributed by atoms with E-state index in [0.717, 1.165) is 25.9 Å². The third-order valence-electron chi connectivity index (χ3n) is 4.34. The number of rotatable bonds is 3. The first-order valence-electron chi connectivity index (χ1n) is 7.01. The molecule has 4 N–H and O–H groups in total.